The van der Waals surface area contributed by atoms with Crippen LogP contribution >= 0.6 is 0 Å². The second kappa shape index (κ2) is 6.65. The lowest BCUT2D eigenvalue weighted by Crippen LogP contribution is -2.23. The van der Waals surface area contributed by atoms with Gasteiger partial charge in [-0.25, -0.2) is 0 Å². The van der Waals surface area contributed by atoms with Gasteiger partial charge in [-0.2, -0.15) is 0 Å². The molecule has 0 atom stereocenters. The van der Waals surface area contributed by atoms with Crippen LogP contribution in [0.5, 0.6) is 0 Å². The number of hydrogen-bond donors (Lipinski definition) is 2. The number of amides is 2. The Bertz CT molecular complexity index is 651. The number of nitrogens with zero attached hydrogens (tertiary/aromatic N) is 1. The highest BCUT2D eigenvalue weighted by Gasteiger charge is 2.06. The predicted octanol–water partition coefficient (Wildman–Crippen LogP) is 2.28. The van der Waals surface area contributed by atoms with Crippen molar-refractivity contribution in [2.75, 3.05) is 5.32 Å². The van der Waals surface area contributed by atoms with Crippen molar-refractivity contribution in [3.05, 3.63) is 59.4 Å². The summed E-state index contributed by atoms with van der Waals surface area (Å²) < 4.78 is 0. The molecular weight excluding hydrogens is 266 g/mol. The summed E-state index contributed by atoms with van der Waals surface area (Å²) in [5.41, 5.74) is 2.94. The topological polar surface area (TPSA) is 71.1 Å². The monoisotopic (exact) mass is 283 g/mol. The Balaban J connectivity index is 1.95. The molecule has 2 aromatic rings. The van der Waals surface area contributed by atoms with Gasteiger partial charge in [0.1, 0.15) is 0 Å². The molecule has 2 amide bonds. The van der Waals surface area contributed by atoms with Crippen molar-refractivity contribution < 1.29 is 9.59 Å². The fourth-order valence-corrected chi connectivity index (χ4v) is 1.88. The number of aryl methyl sites for hydroxylation is 1. The van der Waals surface area contributed by atoms with E-state index in [-0.39, 0.29) is 11.8 Å². The van der Waals surface area contributed by atoms with E-state index in [4.69, 9.17) is 0 Å². The molecule has 0 unspecified atom stereocenters. The van der Waals surface area contributed by atoms with E-state index in [1.165, 1.54) is 6.92 Å². The van der Waals surface area contributed by atoms with Crippen LogP contribution in [0.3, 0.4) is 0 Å². The molecule has 1 aromatic heterocycles. The van der Waals surface area contributed by atoms with E-state index in [1.807, 2.05) is 25.1 Å². The molecule has 0 spiro atoms. The average molecular weight is 283 g/mol. The maximum Gasteiger partial charge on any atom is 0.251 e. The van der Waals surface area contributed by atoms with Gasteiger partial charge in [0.25, 0.3) is 5.91 Å². The molecule has 0 saturated heterocycles. The predicted molar refractivity (Wildman–Crippen MR) is 80.9 cm³/mol. The van der Waals surface area contributed by atoms with Crippen LogP contribution in [0, 0.1) is 6.92 Å². The Morgan fingerprint density at radius 1 is 1.10 bits per heavy atom. The number of rotatable bonds is 4. The third kappa shape index (κ3) is 4.42. The highest BCUT2D eigenvalue weighted by atomic mass is 16.2. The Hall–Kier alpha value is -2.69. The van der Waals surface area contributed by atoms with Crippen LogP contribution < -0.4 is 10.6 Å². The van der Waals surface area contributed by atoms with Crippen LogP contribution in [0.15, 0.2) is 42.5 Å². The van der Waals surface area contributed by atoms with Crippen LogP contribution in [0.1, 0.15) is 28.7 Å². The summed E-state index contributed by atoms with van der Waals surface area (Å²) in [6.45, 7) is 3.73. The van der Waals surface area contributed by atoms with E-state index in [2.05, 4.69) is 15.6 Å². The second-order valence-electron chi connectivity index (χ2n) is 4.71. The molecule has 0 aliphatic heterocycles. The summed E-state index contributed by atoms with van der Waals surface area (Å²) in [6, 6.07) is 12.4. The van der Waals surface area contributed by atoms with E-state index in [0.717, 1.165) is 11.4 Å². The molecule has 0 radical (unpaired) electrons. The SMILES string of the molecule is CC(=O)Nc1ccc(C(=O)NCc2cccc(C)n2)cc1. The summed E-state index contributed by atoms with van der Waals surface area (Å²) in [5, 5.41) is 5.47. The lowest BCUT2D eigenvalue weighted by molar-refractivity contribution is -0.114. The first-order chi connectivity index (χ1) is 10.0. The number of nitrogens with one attached hydrogen (secondary N) is 2. The number of hydrogen-bond acceptors (Lipinski definition) is 3. The normalized spacial score (nSPS) is 10.0. The molecule has 5 nitrogen and oxygen atoms in total. The van der Waals surface area contributed by atoms with Crippen molar-refractivity contribution in [1.82, 2.24) is 10.3 Å². The number of aromatic nitrogens is 1. The van der Waals surface area contributed by atoms with Gasteiger partial charge < -0.3 is 10.6 Å². The van der Waals surface area contributed by atoms with Crippen molar-refractivity contribution in [3.8, 4) is 0 Å². The second-order valence-corrected chi connectivity index (χ2v) is 4.71. The van der Waals surface area contributed by atoms with Gasteiger partial charge in [-0.15, -0.1) is 0 Å². The molecule has 0 saturated carbocycles. The highest BCUT2D eigenvalue weighted by Crippen LogP contribution is 2.09. The molecule has 2 rings (SSSR count). The van der Waals surface area contributed by atoms with Crippen LogP contribution in [0.4, 0.5) is 5.69 Å². The zero-order valence-corrected chi connectivity index (χ0v) is 12.0. The lowest BCUT2D eigenvalue weighted by atomic mass is 10.2. The zero-order chi connectivity index (χ0) is 15.2. The summed E-state index contributed by atoms with van der Waals surface area (Å²) in [4.78, 5) is 27.3. The van der Waals surface area contributed by atoms with Crippen molar-refractivity contribution in [2.45, 2.75) is 20.4 Å². The number of anilines is 1. The number of pyridine rings is 1. The minimum atomic E-state index is -0.173. The summed E-state index contributed by atoms with van der Waals surface area (Å²) in [5.74, 6) is -0.314. The van der Waals surface area contributed by atoms with Crippen LogP contribution in [0.2, 0.25) is 0 Å². The molecule has 108 valence electrons. The summed E-state index contributed by atoms with van der Waals surface area (Å²) in [6.07, 6.45) is 0. The molecule has 5 heteroatoms. The van der Waals surface area contributed by atoms with Gasteiger partial charge in [0.15, 0.2) is 0 Å². The van der Waals surface area contributed by atoms with Crippen molar-refractivity contribution in [2.24, 2.45) is 0 Å². The Morgan fingerprint density at radius 3 is 2.43 bits per heavy atom. The quantitative estimate of drug-likeness (QED) is 0.904. The highest BCUT2D eigenvalue weighted by molar-refractivity contribution is 5.95. The third-order valence-electron chi connectivity index (χ3n) is 2.84. The van der Waals surface area contributed by atoms with Crippen LogP contribution in [-0.4, -0.2) is 16.8 Å². The summed E-state index contributed by atoms with van der Waals surface area (Å²) in [7, 11) is 0. The van der Waals surface area contributed by atoms with Gasteiger partial charge in [-0.1, -0.05) is 6.07 Å². The average Bonchev–Trinajstić information content (AvgIpc) is 2.45. The molecule has 0 fully saturated rings. The van der Waals surface area contributed by atoms with E-state index in [9.17, 15) is 9.59 Å². The molecule has 0 bridgehead atoms. The largest absolute Gasteiger partial charge is 0.346 e. The standard InChI is InChI=1S/C16H17N3O2/c1-11-4-3-5-15(18-11)10-17-16(21)13-6-8-14(9-7-13)19-12(2)20/h3-9H,10H2,1-2H3,(H,17,21)(H,19,20). The minimum Gasteiger partial charge on any atom is -0.346 e. The van der Waals surface area contributed by atoms with Crippen LogP contribution in [0.25, 0.3) is 0 Å². The smallest absolute Gasteiger partial charge is 0.251 e. The number of carbonyl (C=O) groups is 2. The Labute approximate surface area is 123 Å². The lowest BCUT2D eigenvalue weighted by Gasteiger charge is -2.07. The van der Waals surface area contributed by atoms with Gasteiger partial charge in [-0.05, 0) is 43.3 Å². The van der Waals surface area contributed by atoms with Crippen molar-refractivity contribution >= 4 is 17.5 Å². The van der Waals surface area contributed by atoms with E-state index >= 15 is 0 Å². The third-order valence-corrected chi connectivity index (χ3v) is 2.84. The van der Waals surface area contributed by atoms with Gasteiger partial charge in [0.2, 0.25) is 5.91 Å². The first-order valence-electron chi connectivity index (χ1n) is 6.63. The molecule has 0 aliphatic carbocycles. The van der Waals surface area contributed by atoms with Gasteiger partial charge in [-0.3, -0.25) is 14.6 Å². The van der Waals surface area contributed by atoms with Gasteiger partial charge in [0.05, 0.1) is 12.2 Å². The molecule has 21 heavy (non-hydrogen) atoms. The first kappa shape index (κ1) is 14.7. The maximum absolute atomic E-state index is 12.0. The van der Waals surface area contributed by atoms with Crippen molar-refractivity contribution in [1.29, 1.82) is 0 Å². The Morgan fingerprint density at radius 2 is 1.81 bits per heavy atom. The molecule has 0 aliphatic rings. The van der Waals surface area contributed by atoms with E-state index < -0.39 is 0 Å². The fourth-order valence-electron chi connectivity index (χ4n) is 1.88. The number of benzene rings is 1. The van der Waals surface area contributed by atoms with Crippen LogP contribution in [-0.2, 0) is 11.3 Å². The van der Waals surface area contributed by atoms with Gasteiger partial charge in [0, 0.05) is 23.9 Å². The maximum atomic E-state index is 12.0. The molecule has 1 aromatic carbocycles. The fraction of sp³-hybridized carbons (Fsp3) is 0.188. The number of carbonyl (C=O) groups excluding carboxylic acids is 2. The summed E-state index contributed by atoms with van der Waals surface area (Å²) >= 11 is 0. The molecular formula is C16H17N3O2. The van der Waals surface area contributed by atoms with E-state index in [0.29, 0.717) is 17.8 Å². The molecule has 2 N–H and O–H groups in total. The first-order valence-corrected chi connectivity index (χ1v) is 6.63. The minimum absolute atomic E-state index is 0.141. The molecule has 1 heterocycles. The zero-order valence-electron chi connectivity index (χ0n) is 12.0. The Kier molecular flexibility index (Phi) is 4.66. The van der Waals surface area contributed by atoms with E-state index in [1.54, 1.807) is 24.3 Å². The van der Waals surface area contributed by atoms with Crippen molar-refractivity contribution in [3.63, 3.8) is 0 Å². The van der Waals surface area contributed by atoms with Gasteiger partial charge >= 0.3 is 0 Å².